The quantitative estimate of drug-likeness (QED) is 0.861. The van der Waals surface area contributed by atoms with Gasteiger partial charge in [-0.05, 0) is 49.1 Å². The molecule has 1 fully saturated rings. The van der Waals surface area contributed by atoms with E-state index in [0.717, 1.165) is 11.6 Å². The maximum atomic E-state index is 8.97. The van der Waals surface area contributed by atoms with Gasteiger partial charge in [0.05, 0.1) is 12.3 Å². The lowest BCUT2D eigenvalue weighted by atomic mass is 9.77. The molecule has 0 radical (unpaired) electrons. The summed E-state index contributed by atoms with van der Waals surface area (Å²) in [5, 5.41) is 8.97. The Balaban J connectivity index is 1.91. The highest BCUT2D eigenvalue weighted by molar-refractivity contribution is 5.18. The second kappa shape index (κ2) is 6.15. The fourth-order valence-electron chi connectivity index (χ4n) is 2.96. The van der Waals surface area contributed by atoms with Crippen molar-refractivity contribution in [1.82, 2.24) is 4.98 Å². The summed E-state index contributed by atoms with van der Waals surface area (Å²) in [6.07, 6.45) is 10.0. The van der Waals surface area contributed by atoms with Crippen LogP contribution in [-0.2, 0) is 6.61 Å². The Kier molecular flexibility index (Phi) is 4.55. The van der Waals surface area contributed by atoms with Crippen LogP contribution in [0.25, 0.3) is 0 Å². The molecule has 0 saturated heterocycles. The Labute approximate surface area is 104 Å². The van der Waals surface area contributed by atoms with Crippen LogP contribution in [0.4, 0.5) is 0 Å². The molecule has 1 saturated carbocycles. The van der Waals surface area contributed by atoms with Crippen LogP contribution >= 0.6 is 0 Å². The zero-order valence-corrected chi connectivity index (χ0v) is 10.7. The van der Waals surface area contributed by atoms with E-state index in [4.69, 9.17) is 5.11 Å². The summed E-state index contributed by atoms with van der Waals surface area (Å²) < 4.78 is 0. The molecule has 1 aromatic heterocycles. The fraction of sp³-hybridized carbons (Fsp3) is 0.667. The molecule has 1 aliphatic rings. The molecular weight excluding hydrogens is 210 g/mol. The molecule has 2 nitrogen and oxygen atoms in total. The maximum absolute atomic E-state index is 8.97. The summed E-state index contributed by atoms with van der Waals surface area (Å²) in [7, 11) is 0. The summed E-state index contributed by atoms with van der Waals surface area (Å²) in [6.45, 7) is 2.33. The second-order valence-electron chi connectivity index (χ2n) is 5.25. The van der Waals surface area contributed by atoms with Crippen molar-refractivity contribution in [3.05, 3.63) is 29.6 Å². The number of aliphatic hydroxyl groups excluding tert-OH is 1. The third-order valence-corrected chi connectivity index (χ3v) is 4.02. The number of nitrogens with zero attached hydrogens (tertiary/aromatic N) is 1. The topological polar surface area (TPSA) is 33.1 Å². The number of pyridine rings is 1. The molecule has 0 spiro atoms. The van der Waals surface area contributed by atoms with Crippen molar-refractivity contribution in [3.63, 3.8) is 0 Å². The lowest BCUT2D eigenvalue weighted by Gasteiger charge is -2.28. The third kappa shape index (κ3) is 3.29. The van der Waals surface area contributed by atoms with Crippen LogP contribution in [0.3, 0.4) is 0 Å². The van der Waals surface area contributed by atoms with E-state index in [1.807, 2.05) is 12.3 Å². The molecule has 1 heterocycles. The van der Waals surface area contributed by atoms with E-state index >= 15 is 0 Å². The summed E-state index contributed by atoms with van der Waals surface area (Å²) in [5.74, 6) is 1.66. The molecule has 1 aliphatic carbocycles. The van der Waals surface area contributed by atoms with Gasteiger partial charge in [-0.2, -0.15) is 0 Å². The van der Waals surface area contributed by atoms with Crippen molar-refractivity contribution in [2.75, 3.05) is 0 Å². The van der Waals surface area contributed by atoms with Crippen LogP contribution in [0.1, 0.15) is 62.6 Å². The van der Waals surface area contributed by atoms with Crippen molar-refractivity contribution >= 4 is 0 Å². The van der Waals surface area contributed by atoms with Crippen LogP contribution in [0.15, 0.2) is 18.3 Å². The molecule has 94 valence electrons. The number of aromatic nitrogens is 1. The first kappa shape index (κ1) is 12.6. The molecule has 0 unspecified atom stereocenters. The van der Waals surface area contributed by atoms with E-state index in [1.54, 1.807) is 0 Å². The zero-order chi connectivity index (χ0) is 12.1. The smallest absolute Gasteiger partial charge is 0.0852 e. The Morgan fingerprint density at radius 3 is 2.53 bits per heavy atom. The van der Waals surface area contributed by atoms with Gasteiger partial charge in [-0.25, -0.2) is 0 Å². The molecule has 2 rings (SSSR count). The first-order valence-electron chi connectivity index (χ1n) is 6.89. The van der Waals surface area contributed by atoms with Gasteiger partial charge in [-0.3, -0.25) is 4.98 Å². The number of rotatable bonds is 4. The Morgan fingerprint density at radius 2 is 2.00 bits per heavy atom. The van der Waals surface area contributed by atoms with E-state index < -0.39 is 0 Å². The van der Waals surface area contributed by atoms with Crippen molar-refractivity contribution in [3.8, 4) is 0 Å². The van der Waals surface area contributed by atoms with Gasteiger partial charge in [0, 0.05) is 6.20 Å². The minimum Gasteiger partial charge on any atom is -0.390 e. The standard InChI is InChI=1S/C15H23NO/c1-2-3-12-4-6-13(7-5-12)14-8-9-15(11-17)16-10-14/h8-10,12-13,17H,2-7,11H2,1H3. The van der Waals surface area contributed by atoms with E-state index in [9.17, 15) is 0 Å². The monoisotopic (exact) mass is 233 g/mol. The predicted molar refractivity (Wildman–Crippen MR) is 69.8 cm³/mol. The first-order valence-corrected chi connectivity index (χ1v) is 6.89. The molecular formula is C15H23NO. The summed E-state index contributed by atoms with van der Waals surface area (Å²) in [5.41, 5.74) is 2.13. The predicted octanol–water partition coefficient (Wildman–Crippen LogP) is 3.65. The molecule has 0 bridgehead atoms. The Bertz CT molecular complexity index is 325. The summed E-state index contributed by atoms with van der Waals surface area (Å²) >= 11 is 0. The van der Waals surface area contributed by atoms with Gasteiger partial charge in [-0.1, -0.05) is 25.8 Å². The molecule has 0 aromatic carbocycles. The maximum Gasteiger partial charge on any atom is 0.0852 e. The summed E-state index contributed by atoms with van der Waals surface area (Å²) in [6, 6.07) is 4.09. The third-order valence-electron chi connectivity index (χ3n) is 4.02. The molecule has 2 heteroatoms. The highest BCUT2D eigenvalue weighted by Crippen LogP contribution is 2.37. The van der Waals surface area contributed by atoms with Gasteiger partial charge in [0.15, 0.2) is 0 Å². The van der Waals surface area contributed by atoms with E-state index in [0.29, 0.717) is 5.92 Å². The molecule has 0 amide bonds. The van der Waals surface area contributed by atoms with Crippen LogP contribution < -0.4 is 0 Å². The molecule has 17 heavy (non-hydrogen) atoms. The highest BCUT2D eigenvalue weighted by Gasteiger charge is 2.21. The molecule has 1 aromatic rings. The Morgan fingerprint density at radius 1 is 1.24 bits per heavy atom. The van der Waals surface area contributed by atoms with Gasteiger partial charge < -0.3 is 5.11 Å². The van der Waals surface area contributed by atoms with Crippen LogP contribution in [0.2, 0.25) is 0 Å². The highest BCUT2D eigenvalue weighted by atomic mass is 16.3. The van der Waals surface area contributed by atoms with Gasteiger partial charge in [-0.15, -0.1) is 0 Å². The van der Waals surface area contributed by atoms with Crippen LogP contribution in [0.5, 0.6) is 0 Å². The lowest BCUT2D eigenvalue weighted by molar-refractivity contribution is 0.276. The van der Waals surface area contributed by atoms with Crippen molar-refractivity contribution < 1.29 is 5.11 Å². The summed E-state index contributed by atoms with van der Waals surface area (Å²) in [4.78, 5) is 4.28. The first-order chi connectivity index (χ1) is 8.33. The zero-order valence-electron chi connectivity index (χ0n) is 10.7. The second-order valence-corrected chi connectivity index (χ2v) is 5.25. The van der Waals surface area contributed by atoms with Crippen molar-refractivity contribution in [2.24, 2.45) is 5.92 Å². The number of hydrogen-bond donors (Lipinski definition) is 1. The van der Waals surface area contributed by atoms with Gasteiger partial charge in [0.25, 0.3) is 0 Å². The molecule has 0 aliphatic heterocycles. The normalized spacial score (nSPS) is 24.8. The minimum atomic E-state index is 0.0452. The van der Waals surface area contributed by atoms with Crippen molar-refractivity contribution in [1.29, 1.82) is 0 Å². The average molecular weight is 233 g/mol. The Hall–Kier alpha value is -0.890. The van der Waals surface area contributed by atoms with Crippen LogP contribution in [-0.4, -0.2) is 10.1 Å². The number of aliphatic hydroxyl groups is 1. The average Bonchev–Trinajstić information content (AvgIpc) is 2.40. The van der Waals surface area contributed by atoms with E-state index in [1.165, 1.54) is 44.1 Å². The van der Waals surface area contributed by atoms with Gasteiger partial charge >= 0.3 is 0 Å². The van der Waals surface area contributed by atoms with E-state index in [2.05, 4.69) is 18.0 Å². The minimum absolute atomic E-state index is 0.0452. The molecule has 0 atom stereocenters. The lowest BCUT2D eigenvalue weighted by Crippen LogP contribution is -2.13. The van der Waals surface area contributed by atoms with Gasteiger partial charge in [0.1, 0.15) is 0 Å². The molecule has 1 N–H and O–H groups in total. The largest absolute Gasteiger partial charge is 0.390 e. The van der Waals surface area contributed by atoms with Gasteiger partial charge in [0.2, 0.25) is 0 Å². The SMILES string of the molecule is CCCC1CCC(c2ccc(CO)nc2)CC1. The number of hydrogen-bond acceptors (Lipinski definition) is 2. The van der Waals surface area contributed by atoms with Crippen molar-refractivity contribution in [2.45, 2.75) is 58.0 Å². The van der Waals surface area contributed by atoms with Crippen LogP contribution in [0, 0.1) is 5.92 Å². The fourth-order valence-corrected chi connectivity index (χ4v) is 2.96. The van der Waals surface area contributed by atoms with E-state index in [-0.39, 0.29) is 6.61 Å².